The molecule has 2 saturated heterocycles. The number of ether oxygens (including phenoxy) is 3. The number of rotatable bonds is 3. The molecule has 1 N–H and O–H groups in total. The normalized spacial score (nSPS) is 26.0. The monoisotopic (exact) mass is 286 g/mol. The highest BCUT2D eigenvalue weighted by Crippen LogP contribution is 2.26. The van der Waals surface area contributed by atoms with Crippen LogP contribution in [0.4, 0.5) is 4.79 Å². The van der Waals surface area contributed by atoms with Gasteiger partial charge in [-0.05, 0) is 20.8 Å². The van der Waals surface area contributed by atoms with E-state index in [4.69, 9.17) is 14.2 Å². The molecule has 20 heavy (non-hydrogen) atoms. The fraction of sp³-hybridized carbons (Fsp3) is 0.929. The van der Waals surface area contributed by atoms with Crippen molar-refractivity contribution in [2.45, 2.75) is 44.4 Å². The molecule has 2 heterocycles. The quantitative estimate of drug-likeness (QED) is 0.839. The summed E-state index contributed by atoms with van der Waals surface area (Å²) in [5.74, 6) is 0. The van der Waals surface area contributed by atoms with Crippen LogP contribution in [0, 0.1) is 0 Å². The number of nitrogens with zero attached hydrogens (tertiary/aromatic N) is 1. The van der Waals surface area contributed by atoms with Gasteiger partial charge in [0, 0.05) is 33.2 Å². The standard InChI is InChI=1S/C14H26N2O4/c1-13(2,3)20-12(17)16-5-6-19-8-11(16)7-14(18-4)9-15-10-14/h11,15H,5-10H2,1-4H3. The van der Waals surface area contributed by atoms with Crippen LogP contribution in [0.2, 0.25) is 0 Å². The highest BCUT2D eigenvalue weighted by atomic mass is 16.6. The molecule has 0 radical (unpaired) electrons. The maximum absolute atomic E-state index is 12.3. The van der Waals surface area contributed by atoms with E-state index in [0.29, 0.717) is 19.8 Å². The van der Waals surface area contributed by atoms with Gasteiger partial charge in [-0.25, -0.2) is 4.79 Å². The highest BCUT2D eigenvalue weighted by Gasteiger charge is 2.42. The largest absolute Gasteiger partial charge is 0.444 e. The predicted octanol–water partition coefficient (Wildman–Crippen LogP) is 1.00. The Balaban J connectivity index is 1.99. The number of carbonyl (C=O) groups is 1. The van der Waals surface area contributed by atoms with Crippen molar-refractivity contribution in [2.75, 3.05) is 40.0 Å². The summed E-state index contributed by atoms with van der Waals surface area (Å²) in [5, 5.41) is 3.22. The summed E-state index contributed by atoms with van der Waals surface area (Å²) in [7, 11) is 1.72. The lowest BCUT2D eigenvalue weighted by atomic mass is 9.88. The summed E-state index contributed by atoms with van der Waals surface area (Å²) in [5.41, 5.74) is -0.650. The minimum absolute atomic E-state index is 0.0145. The summed E-state index contributed by atoms with van der Waals surface area (Å²) in [4.78, 5) is 14.1. The van der Waals surface area contributed by atoms with E-state index >= 15 is 0 Å². The van der Waals surface area contributed by atoms with E-state index < -0.39 is 5.60 Å². The molecule has 0 aromatic rings. The van der Waals surface area contributed by atoms with Crippen LogP contribution in [-0.2, 0) is 14.2 Å². The van der Waals surface area contributed by atoms with Crippen LogP contribution < -0.4 is 5.32 Å². The molecule has 2 rings (SSSR count). The molecule has 0 aromatic heterocycles. The Morgan fingerprint density at radius 1 is 1.45 bits per heavy atom. The fourth-order valence-corrected chi connectivity index (χ4v) is 2.59. The molecule has 1 atom stereocenters. The SMILES string of the molecule is COC1(CC2COCCN2C(=O)OC(C)(C)C)CNC1. The maximum Gasteiger partial charge on any atom is 0.410 e. The third-order valence-electron chi connectivity index (χ3n) is 3.79. The molecule has 0 aromatic carbocycles. The molecular formula is C14H26N2O4. The molecule has 1 unspecified atom stereocenters. The lowest BCUT2D eigenvalue weighted by Crippen LogP contribution is -2.64. The van der Waals surface area contributed by atoms with E-state index in [0.717, 1.165) is 19.5 Å². The Labute approximate surface area is 120 Å². The smallest absolute Gasteiger partial charge is 0.410 e. The van der Waals surface area contributed by atoms with E-state index in [1.165, 1.54) is 0 Å². The lowest BCUT2D eigenvalue weighted by molar-refractivity contribution is -0.0965. The van der Waals surface area contributed by atoms with Crippen LogP contribution in [0.3, 0.4) is 0 Å². The van der Waals surface area contributed by atoms with Crippen molar-refractivity contribution in [3.63, 3.8) is 0 Å². The van der Waals surface area contributed by atoms with Gasteiger partial charge in [0.15, 0.2) is 0 Å². The molecule has 2 aliphatic rings. The van der Waals surface area contributed by atoms with Gasteiger partial charge in [0.1, 0.15) is 5.60 Å². The molecule has 0 bridgehead atoms. The third kappa shape index (κ3) is 3.62. The Kier molecular flexibility index (Phi) is 4.56. The summed E-state index contributed by atoms with van der Waals surface area (Å²) < 4.78 is 16.6. The third-order valence-corrected chi connectivity index (χ3v) is 3.79. The van der Waals surface area contributed by atoms with E-state index in [1.54, 1.807) is 12.0 Å². The number of carbonyl (C=O) groups excluding carboxylic acids is 1. The van der Waals surface area contributed by atoms with Crippen LogP contribution in [0.25, 0.3) is 0 Å². The zero-order chi connectivity index (χ0) is 14.8. The van der Waals surface area contributed by atoms with Crippen molar-refractivity contribution in [3.05, 3.63) is 0 Å². The summed E-state index contributed by atoms with van der Waals surface area (Å²) in [6, 6.07) is 0.0145. The second-order valence-electron chi connectivity index (χ2n) is 6.60. The average molecular weight is 286 g/mol. The number of morpholine rings is 1. The van der Waals surface area contributed by atoms with Crippen molar-refractivity contribution < 1.29 is 19.0 Å². The fourth-order valence-electron chi connectivity index (χ4n) is 2.59. The molecule has 6 heteroatoms. The number of hydrogen-bond donors (Lipinski definition) is 1. The Morgan fingerprint density at radius 3 is 2.65 bits per heavy atom. The summed E-state index contributed by atoms with van der Waals surface area (Å²) in [6.07, 6.45) is 0.514. The van der Waals surface area contributed by atoms with Crippen LogP contribution in [0.5, 0.6) is 0 Å². The Bertz CT molecular complexity index is 344. The van der Waals surface area contributed by atoms with E-state index in [9.17, 15) is 4.79 Å². The van der Waals surface area contributed by atoms with Gasteiger partial charge in [0.05, 0.1) is 24.9 Å². The van der Waals surface area contributed by atoms with E-state index in [-0.39, 0.29) is 17.7 Å². The molecule has 1 amide bonds. The highest BCUT2D eigenvalue weighted by molar-refractivity contribution is 5.68. The van der Waals surface area contributed by atoms with Gasteiger partial charge in [0.25, 0.3) is 0 Å². The van der Waals surface area contributed by atoms with Crippen molar-refractivity contribution in [3.8, 4) is 0 Å². The minimum atomic E-state index is -0.475. The van der Waals surface area contributed by atoms with Crippen molar-refractivity contribution >= 4 is 6.09 Å². The molecule has 0 aliphatic carbocycles. The Morgan fingerprint density at radius 2 is 2.15 bits per heavy atom. The molecular weight excluding hydrogens is 260 g/mol. The van der Waals surface area contributed by atoms with Crippen LogP contribution in [0.1, 0.15) is 27.2 Å². The molecule has 2 aliphatic heterocycles. The van der Waals surface area contributed by atoms with Crippen molar-refractivity contribution in [1.82, 2.24) is 10.2 Å². The van der Waals surface area contributed by atoms with Gasteiger partial charge in [-0.15, -0.1) is 0 Å². The summed E-state index contributed by atoms with van der Waals surface area (Å²) >= 11 is 0. The van der Waals surface area contributed by atoms with Crippen molar-refractivity contribution in [1.29, 1.82) is 0 Å². The number of methoxy groups -OCH3 is 1. The second-order valence-corrected chi connectivity index (χ2v) is 6.60. The van der Waals surface area contributed by atoms with Crippen LogP contribution in [-0.4, -0.2) is 68.2 Å². The van der Waals surface area contributed by atoms with Crippen LogP contribution in [0.15, 0.2) is 0 Å². The number of hydrogen-bond acceptors (Lipinski definition) is 5. The number of nitrogens with one attached hydrogen (secondary N) is 1. The minimum Gasteiger partial charge on any atom is -0.444 e. The molecule has 0 saturated carbocycles. The first-order chi connectivity index (χ1) is 9.35. The van der Waals surface area contributed by atoms with Crippen molar-refractivity contribution in [2.24, 2.45) is 0 Å². The van der Waals surface area contributed by atoms with E-state index in [2.05, 4.69) is 5.32 Å². The zero-order valence-corrected chi connectivity index (χ0v) is 12.9. The van der Waals surface area contributed by atoms with Crippen LogP contribution >= 0.6 is 0 Å². The van der Waals surface area contributed by atoms with Gasteiger partial charge >= 0.3 is 6.09 Å². The molecule has 2 fully saturated rings. The summed E-state index contributed by atoms with van der Waals surface area (Å²) in [6.45, 7) is 8.97. The first-order valence-electron chi connectivity index (χ1n) is 7.18. The zero-order valence-electron chi connectivity index (χ0n) is 12.9. The van der Waals surface area contributed by atoms with Gasteiger partial charge in [0.2, 0.25) is 0 Å². The molecule has 6 nitrogen and oxygen atoms in total. The maximum atomic E-state index is 12.3. The van der Waals surface area contributed by atoms with Gasteiger partial charge in [-0.1, -0.05) is 0 Å². The first kappa shape index (κ1) is 15.5. The van der Waals surface area contributed by atoms with Gasteiger partial charge < -0.3 is 24.4 Å². The Hall–Kier alpha value is -0.850. The lowest BCUT2D eigenvalue weighted by Gasteiger charge is -2.46. The molecule has 0 spiro atoms. The van der Waals surface area contributed by atoms with Gasteiger partial charge in [-0.3, -0.25) is 0 Å². The topological polar surface area (TPSA) is 60.0 Å². The first-order valence-corrected chi connectivity index (χ1v) is 7.18. The number of amides is 1. The average Bonchev–Trinajstić information content (AvgIpc) is 2.32. The second kappa shape index (κ2) is 5.87. The van der Waals surface area contributed by atoms with Gasteiger partial charge in [-0.2, -0.15) is 0 Å². The predicted molar refractivity (Wildman–Crippen MR) is 74.8 cm³/mol. The molecule has 116 valence electrons. The van der Waals surface area contributed by atoms with E-state index in [1.807, 2.05) is 20.8 Å².